The van der Waals surface area contributed by atoms with Crippen LogP contribution in [0.15, 0.2) is 82.9 Å². The summed E-state index contributed by atoms with van der Waals surface area (Å²) in [5.41, 5.74) is 1.25. The highest BCUT2D eigenvalue weighted by Crippen LogP contribution is 2.20. The van der Waals surface area contributed by atoms with Crippen molar-refractivity contribution in [2.75, 3.05) is 24.2 Å². The van der Waals surface area contributed by atoms with E-state index in [9.17, 15) is 22.8 Å². The average Bonchev–Trinajstić information content (AvgIpc) is 2.82. The number of ketones is 1. The summed E-state index contributed by atoms with van der Waals surface area (Å²) in [6, 6.07) is 15.2. The SMILES string of the molecule is O=C(COC(=O)C1=CN2CCS(=O)(=O)N=C2C=C1)Nc1ccccc1C(=O)c1ccccc1. The second-order valence-corrected chi connectivity index (χ2v) is 8.97. The average molecular weight is 465 g/mol. The molecule has 0 aromatic heterocycles. The molecule has 0 radical (unpaired) electrons. The van der Waals surface area contributed by atoms with E-state index in [-0.39, 0.29) is 29.5 Å². The lowest BCUT2D eigenvalue weighted by Gasteiger charge is -2.26. The molecule has 0 atom stereocenters. The maximum Gasteiger partial charge on any atom is 0.340 e. The van der Waals surface area contributed by atoms with Gasteiger partial charge in [-0.3, -0.25) is 9.59 Å². The number of sulfonamides is 1. The van der Waals surface area contributed by atoms with Crippen molar-refractivity contribution in [2.24, 2.45) is 4.40 Å². The number of amides is 1. The molecular formula is C23H19N3O6S. The fourth-order valence-corrected chi connectivity index (χ4v) is 4.23. The number of anilines is 1. The third-order valence-electron chi connectivity index (χ3n) is 4.88. The first-order chi connectivity index (χ1) is 15.8. The van der Waals surface area contributed by atoms with Gasteiger partial charge in [-0.1, -0.05) is 42.5 Å². The van der Waals surface area contributed by atoms with E-state index in [1.54, 1.807) is 54.6 Å². The minimum Gasteiger partial charge on any atom is -0.452 e. The van der Waals surface area contributed by atoms with Gasteiger partial charge in [0.25, 0.3) is 15.9 Å². The monoisotopic (exact) mass is 465 g/mol. The Kier molecular flexibility index (Phi) is 6.18. The van der Waals surface area contributed by atoms with Crippen molar-refractivity contribution < 1.29 is 27.5 Å². The van der Waals surface area contributed by atoms with Gasteiger partial charge < -0.3 is 15.0 Å². The highest BCUT2D eigenvalue weighted by molar-refractivity contribution is 7.90. The molecule has 1 amide bonds. The Labute approximate surface area is 190 Å². The summed E-state index contributed by atoms with van der Waals surface area (Å²) in [5.74, 6) is -1.55. The van der Waals surface area contributed by atoms with Crippen molar-refractivity contribution in [1.82, 2.24) is 4.90 Å². The second kappa shape index (κ2) is 9.21. The molecular weight excluding hydrogens is 446 g/mol. The number of carbonyl (C=O) groups excluding carboxylic acids is 3. The Hall–Kier alpha value is -4.05. The smallest absolute Gasteiger partial charge is 0.340 e. The quantitative estimate of drug-likeness (QED) is 0.511. The number of esters is 1. The molecule has 0 aliphatic carbocycles. The summed E-state index contributed by atoms with van der Waals surface area (Å²) in [6.07, 6.45) is 4.21. The van der Waals surface area contributed by atoms with E-state index in [1.165, 1.54) is 23.3 Å². The molecule has 0 saturated heterocycles. The topological polar surface area (TPSA) is 122 Å². The van der Waals surface area contributed by atoms with Gasteiger partial charge in [0.05, 0.1) is 17.0 Å². The van der Waals surface area contributed by atoms with Gasteiger partial charge in [0.1, 0.15) is 5.84 Å². The summed E-state index contributed by atoms with van der Waals surface area (Å²) in [6.45, 7) is -0.401. The van der Waals surface area contributed by atoms with Crippen LogP contribution in [0.25, 0.3) is 0 Å². The van der Waals surface area contributed by atoms with E-state index >= 15 is 0 Å². The van der Waals surface area contributed by atoms with Crippen LogP contribution in [0.3, 0.4) is 0 Å². The molecule has 1 N–H and O–H groups in total. The third-order valence-corrected chi connectivity index (χ3v) is 6.04. The van der Waals surface area contributed by atoms with Crippen LogP contribution >= 0.6 is 0 Å². The van der Waals surface area contributed by atoms with E-state index in [0.717, 1.165) is 0 Å². The predicted octanol–water partition coefficient (Wildman–Crippen LogP) is 1.90. The molecule has 0 saturated carbocycles. The Bertz CT molecular complexity index is 1310. The van der Waals surface area contributed by atoms with Crippen LogP contribution in [0.2, 0.25) is 0 Å². The van der Waals surface area contributed by atoms with Crippen molar-refractivity contribution in [2.45, 2.75) is 0 Å². The largest absolute Gasteiger partial charge is 0.452 e. The van der Waals surface area contributed by atoms with Crippen LogP contribution in [-0.2, 0) is 24.3 Å². The van der Waals surface area contributed by atoms with Crippen LogP contribution in [0.1, 0.15) is 15.9 Å². The van der Waals surface area contributed by atoms with Crippen molar-refractivity contribution in [3.8, 4) is 0 Å². The van der Waals surface area contributed by atoms with Gasteiger partial charge in [0.2, 0.25) is 0 Å². The Morgan fingerprint density at radius 1 is 1.00 bits per heavy atom. The van der Waals surface area contributed by atoms with Crippen LogP contribution in [0.4, 0.5) is 5.69 Å². The maximum absolute atomic E-state index is 12.8. The molecule has 4 rings (SSSR count). The van der Waals surface area contributed by atoms with Crippen molar-refractivity contribution >= 4 is 39.2 Å². The van der Waals surface area contributed by atoms with Gasteiger partial charge in [0.15, 0.2) is 12.4 Å². The molecule has 0 fully saturated rings. The standard InChI is InChI=1S/C23H19N3O6S/c27-21(24-19-9-5-4-8-18(19)22(28)16-6-2-1-3-7-16)15-32-23(29)17-10-11-20-25-33(30,31)13-12-26(20)14-17/h1-11,14H,12-13,15H2,(H,24,27). The molecule has 0 spiro atoms. The zero-order valence-corrected chi connectivity index (χ0v) is 18.1. The number of hydrogen-bond acceptors (Lipinski definition) is 7. The number of rotatable bonds is 6. The molecule has 2 aliphatic heterocycles. The summed E-state index contributed by atoms with van der Waals surface area (Å²) in [7, 11) is -3.50. The van der Waals surface area contributed by atoms with E-state index in [0.29, 0.717) is 16.8 Å². The predicted molar refractivity (Wildman–Crippen MR) is 121 cm³/mol. The first-order valence-electron chi connectivity index (χ1n) is 9.97. The normalized spacial score (nSPS) is 16.2. The number of para-hydroxylation sites is 1. The molecule has 33 heavy (non-hydrogen) atoms. The Morgan fingerprint density at radius 3 is 2.52 bits per heavy atom. The van der Waals surface area contributed by atoms with Crippen LogP contribution in [0, 0.1) is 0 Å². The lowest BCUT2D eigenvalue weighted by atomic mass is 10.0. The summed E-state index contributed by atoms with van der Waals surface area (Å²) in [4.78, 5) is 39.0. The number of carbonyl (C=O) groups is 3. The number of benzene rings is 2. The van der Waals surface area contributed by atoms with Gasteiger partial charge in [-0.25, -0.2) is 13.2 Å². The van der Waals surface area contributed by atoms with E-state index < -0.39 is 28.5 Å². The third kappa shape index (κ3) is 5.24. The van der Waals surface area contributed by atoms with Gasteiger partial charge >= 0.3 is 5.97 Å². The molecule has 0 bridgehead atoms. The Balaban J connectivity index is 1.38. The van der Waals surface area contributed by atoms with E-state index in [1.807, 2.05) is 0 Å². The van der Waals surface area contributed by atoms with E-state index in [2.05, 4.69) is 9.71 Å². The molecule has 2 aromatic carbocycles. The maximum atomic E-state index is 12.8. The minimum atomic E-state index is -3.50. The molecule has 168 valence electrons. The summed E-state index contributed by atoms with van der Waals surface area (Å²) < 4.78 is 31.9. The number of amidine groups is 1. The fourth-order valence-electron chi connectivity index (χ4n) is 3.26. The van der Waals surface area contributed by atoms with Crippen molar-refractivity contribution in [3.63, 3.8) is 0 Å². The number of nitrogens with one attached hydrogen (secondary N) is 1. The van der Waals surface area contributed by atoms with Crippen LogP contribution in [-0.4, -0.2) is 55.7 Å². The number of fused-ring (bicyclic) bond motifs is 1. The zero-order chi connectivity index (χ0) is 23.4. The number of hydrogen-bond donors (Lipinski definition) is 1. The van der Waals surface area contributed by atoms with Crippen molar-refractivity contribution in [1.29, 1.82) is 0 Å². The minimum absolute atomic E-state index is 0.153. The van der Waals surface area contributed by atoms with E-state index in [4.69, 9.17) is 4.74 Å². The highest BCUT2D eigenvalue weighted by atomic mass is 32.2. The fraction of sp³-hybridized carbons (Fsp3) is 0.130. The number of nitrogens with zero attached hydrogens (tertiary/aromatic N) is 2. The molecule has 2 heterocycles. The Morgan fingerprint density at radius 2 is 1.73 bits per heavy atom. The molecule has 0 unspecified atom stereocenters. The first kappa shape index (κ1) is 22.2. The van der Waals surface area contributed by atoms with Gasteiger partial charge in [-0.15, -0.1) is 4.40 Å². The zero-order valence-electron chi connectivity index (χ0n) is 17.3. The second-order valence-electron chi connectivity index (χ2n) is 7.21. The van der Waals surface area contributed by atoms with Gasteiger partial charge in [0, 0.05) is 23.9 Å². The highest BCUT2D eigenvalue weighted by Gasteiger charge is 2.25. The van der Waals surface area contributed by atoms with Crippen LogP contribution in [0.5, 0.6) is 0 Å². The molecule has 10 heteroatoms. The van der Waals surface area contributed by atoms with Crippen LogP contribution < -0.4 is 5.32 Å². The lowest BCUT2D eigenvalue weighted by Crippen LogP contribution is -2.37. The number of ether oxygens (including phenoxy) is 1. The molecule has 2 aliphatic rings. The van der Waals surface area contributed by atoms with Gasteiger partial charge in [-0.05, 0) is 24.3 Å². The first-order valence-corrected chi connectivity index (χ1v) is 11.6. The van der Waals surface area contributed by atoms with Crippen molar-refractivity contribution in [3.05, 3.63) is 89.6 Å². The molecule has 2 aromatic rings. The lowest BCUT2D eigenvalue weighted by molar-refractivity contribution is -0.143. The summed E-state index contributed by atoms with van der Waals surface area (Å²) >= 11 is 0. The summed E-state index contributed by atoms with van der Waals surface area (Å²) in [5, 5.41) is 2.60. The van der Waals surface area contributed by atoms with Gasteiger partial charge in [-0.2, -0.15) is 0 Å². The molecule has 9 nitrogen and oxygen atoms in total.